The normalized spacial score (nSPS) is 13.2. The first kappa shape index (κ1) is 12.1. The molecule has 76 valence electrons. The molecular formula is C9H17NO3. The summed E-state index contributed by atoms with van der Waals surface area (Å²) in [6.45, 7) is 2.24. The minimum Gasteiger partial charge on any atom is -0.396 e. The van der Waals surface area contributed by atoms with Crippen LogP contribution in [-0.2, 0) is 9.53 Å². The first-order valence-corrected chi connectivity index (χ1v) is 4.27. The molecule has 1 unspecified atom stereocenters. The van der Waals surface area contributed by atoms with Crippen LogP contribution >= 0.6 is 0 Å². The van der Waals surface area contributed by atoms with E-state index in [2.05, 4.69) is 5.32 Å². The summed E-state index contributed by atoms with van der Waals surface area (Å²) in [6.07, 6.45) is 3.62. The fraction of sp³-hybridized carbons (Fsp3) is 0.667. The van der Waals surface area contributed by atoms with E-state index in [0.29, 0.717) is 13.0 Å². The highest BCUT2D eigenvalue weighted by molar-refractivity contribution is 5.87. The quantitative estimate of drug-likeness (QED) is 0.579. The number of methoxy groups -OCH3 is 1. The van der Waals surface area contributed by atoms with Crippen molar-refractivity contribution in [1.29, 1.82) is 0 Å². The van der Waals surface area contributed by atoms with Gasteiger partial charge in [-0.05, 0) is 19.4 Å². The highest BCUT2D eigenvalue weighted by Crippen LogP contribution is 1.92. The molecule has 0 radical (unpaired) electrons. The molecule has 2 N–H and O–H groups in total. The summed E-state index contributed by atoms with van der Waals surface area (Å²) >= 11 is 0. The maximum Gasteiger partial charge on any atom is 0.243 e. The fourth-order valence-electron chi connectivity index (χ4n) is 0.955. The molecule has 0 spiro atoms. The minimum atomic E-state index is -0.155. The molecule has 0 heterocycles. The van der Waals surface area contributed by atoms with Crippen LogP contribution in [0.5, 0.6) is 0 Å². The summed E-state index contributed by atoms with van der Waals surface area (Å²) < 4.78 is 4.89. The molecule has 13 heavy (non-hydrogen) atoms. The molecule has 0 fully saturated rings. The lowest BCUT2D eigenvalue weighted by molar-refractivity contribution is -0.117. The molecule has 4 heteroatoms. The molecular weight excluding hydrogens is 170 g/mol. The average molecular weight is 187 g/mol. The number of carbonyl (C=O) groups is 1. The number of hydrogen-bond donors (Lipinski definition) is 2. The topological polar surface area (TPSA) is 58.6 Å². The van der Waals surface area contributed by atoms with Crippen LogP contribution in [0.1, 0.15) is 13.3 Å². The maximum atomic E-state index is 11.1. The van der Waals surface area contributed by atoms with Gasteiger partial charge in [0.2, 0.25) is 5.91 Å². The van der Waals surface area contributed by atoms with Crippen molar-refractivity contribution >= 4 is 5.91 Å². The number of amides is 1. The summed E-state index contributed by atoms with van der Waals surface area (Å²) in [5, 5.41) is 11.4. The van der Waals surface area contributed by atoms with Crippen molar-refractivity contribution < 1.29 is 14.6 Å². The zero-order valence-corrected chi connectivity index (χ0v) is 8.12. The lowest BCUT2D eigenvalue weighted by Crippen LogP contribution is -2.37. The Kier molecular flexibility index (Phi) is 7.24. The smallest absolute Gasteiger partial charge is 0.243 e. The van der Waals surface area contributed by atoms with Crippen molar-refractivity contribution in [2.45, 2.75) is 19.4 Å². The van der Waals surface area contributed by atoms with E-state index < -0.39 is 0 Å². The molecule has 0 aliphatic heterocycles. The Labute approximate surface area is 78.6 Å². The van der Waals surface area contributed by atoms with E-state index in [1.807, 2.05) is 0 Å². The summed E-state index contributed by atoms with van der Waals surface area (Å²) in [5.74, 6) is -0.155. The van der Waals surface area contributed by atoms with Crippen LogP contribution in [0.15, 0.2) is 12.2 Å². The summed E-state index contributed by atoms with van der Waals surface area (Å²) in [6, 6.07) is -0.112. The third-order valence-corrected chi connectivity index (χ3v) is 1.51. The van der Waals surface area contributed by atoms with Crippen molar-refractivity contribution in [1.82, 2.24) is 5.32 Å². The molecule has 0 rings (SSSR count). The van der Waals surface area contributed by atoms with Crippen molar-refractivity contribution in [2.24, 2.45) is 0 Å². The zero-order valence-electron chi connectivity index (χ0n) is 8.12. The second kappa shape index (κ2) is 7.76. The summed E-state index contributed by atoms with van der Waals surface area (Å²) in [5.41, 5.74) is 0. The van der Waals surface area contributed by atoms with E-state index in [0.717, 1.165) is 0 Å². The van der Waals surface area contributed by atoms with Crippen LogP contribution in [0.2, 0.25) is 0 Å². The average Bonchev–Trinajstić information content (AvgIpc) is 2.05. The molecule has 0 bridgehead atoms. The molecule has 0 saturated carbocycles. The van der Waals surface area contributed by atoms with E-state index in [9.17, 15) is 4.79 Å². The number of carbonyl (C=O) groups excluding carboxylic acids is 1. The monoisotopic (exact) mass is 187 g/mol. The zero-order chi connectivity index (χ0) is 10.1. The number of hydrogen-bond acceptors (Lipinski definition) is 3. The van der Waals surface area contributed by atoms with Gasteiger partial charge in [-0.15, -0.1) is 0 Å². The van der Waals surface area contributed by atoms with Gasteiger partial charge in [0.1, 0.15) is 0 Å². The molecule has 4 nitrogen and oxygen atoms in total. The number of nitrogens with one attached hydrogen (secondary N) is 1. The van der Waals surface area contributed by atoms with Gasteiger partial charge in [0.25, 0.3) is 0 Å². The van der Waals surface area contributed by atoms with Gasteiger partial charge in [0, 0.05) is 13.7 Å². The predicted octanol–water partition coefficient (Wildman–Crippen LogP) is 0.0761. The number of aliphatic hydroxyl groups is 1. The van der Waals surface area contributed by atoms with Crippen molar-refractivity contribution in [3.63, 3.8) is 0 Å². The van der Waals surface area contributed by atoms with Gasteiger partial charge in [-0.25, -0.2) is 0 Å². The Hall–Kier alpha value is -0.870. The number of allylic oxidation sites excluding steroid dienone is 1. The second-order valence-corrected chi connectivity index (χ2v) is 2.67. The van der Waals surface area contributed by atoms with Crippen molar-refractivity contribution in [2.75, 3.05) is 20.3 Å². The number of aliphatic hydroxyl groups excluding tert-OH is 1. The van der Waals surface area contributed by atoms with Crippen LogP contribution in [-0.4, -0.2) is 37.4 Å². The van der Waals surface area contributed by atoms with Crippen LogP contribution in [0.4, 0.5) is 0 Å². The minimum absolute atomic E-state index is 0.0458. The van der Waals surface area contributed by atoms with Gasteiger partial charge in [0.05, 0.1) is 12.6 Å². The first-order valence-electron chi connectivity index (χ1n) is 4.27. The SMILES string of the molecule is C/C=C/C(=O)NC(CCO)COC. The van der Waals surface area contributed by atoms with Gasteiger partial charge in [-0.3, -0.25) is 4.79 Å². The van der Waals surface area contributed by atoms with Crippen LogP contribution < -0.4 is 5.32 Å². The molecule has 0 aromatic carbocycles. The molecule has 0 aliphatic carbocycles. The Morgan fingerprint density at radius 3 is 2.85 bits per heavy atom. The van der Waals surface area contributed by atoms with Gasteiger partial charge >= 0.3 is 0 Å². The van der Waals surface area contributed by atoms with Gasteiger partial charge in [-0.1, -0.05) is 6.08 Å². The highest BCUT2D eigenvalue weighted by atomic mass is 16.5. The number of rotatable bonds is 6. The Bertz CT molecular complexity index is 162. The molecule has 0 aliphatic rings. The lowest BCUT2D eigenvalue weighted by atomic mass is 10.2. The molecule has 0 saturated heterocycles. The second-order valence-electron chi connectivity index (χ2n) is 2.67. The van der Waals surface area contributed by atoms with E-state index >= 15 is 0 Å². The third kappa shape index (κ3) is 6.31. The largest absolute Gasteiger partial charge is 0.396 e. The Morgan fingerprint density at radius 1 is 1.69 bits per heavy atom. The van der Waals surface area contributed by atoms with E-state index in [-0.39, 0.29) is 18.6 Å². The predicted molar refractivity (Wildman–Crippen MR) is 50.3 cm³/mol. The van der Waals surface area contributed by atoms with Crippen molar-refractivity contribution in [3.8, 4) is 0 Å². The fourth-order valence-corrected chi connectivity index (χ4v) is 0.955. The summed E-state index contributed by atoms with van der Waals surface area (Å²) in [4.78, 5) is 11.1. The highest BCUT2D eigenvalue weighted by Gasteiger charge is 2.08. The van der Waals surface area contributed by atoms with Crippen molar-refractivity contribution in [3.05, 3.63) is 12.2 Å². The number of ether oxygens (including phenoxy) is 1. The molecule has 1 amide bonds. The van der Waals surface area contributed by atoms with E-state index in [1.54, 1.807) is 20.1 Å². The maximum absolute atomic E-state index is 11.1. The van der Waals surface area contributed by atoms with Crippen LogP contribution in [0, 0.1) is 0 Å². The van der Waals surface area contributed by atoms with Crippen LogP contribution in [0.3, 0.4) is 0 Å². The van der Waals surface area contributed by atoms with E-state index in [1.165, 1.54) is 6.08 Å². The Morgan fingerprint density at radius 2 is 2.38 bits per heavy atom. The summed E-state index contributed by atoms with van der Waals surface area (Å²) in [7, 11) is 1.56. The third-order valence-electron chi connectivity index (χ3n) is 1.51. The van der Waals surface area contributed by atoms with Gasteiger partial charge in [0.15, 0.2) is 0 Å². The molecule has 1 atom stereocenters. The first-order chi connectivity index (χ1) is 6.24. The molecule has 0 aromatic rings. The van der Waals surface area contributed by atoms with E-state index in [4.69, 9.17) is 9.84 Å². The standard InChI is InChI=1S/C9H17NO3/c1-3-4-9(12)10-8(5-6-11)7-13-2/h3-4,8,11H,5-7H2,1-2H3,(H,10,12)/b4-3+. The molecule has 0 aromatic heterocycles. The van der Waals surface area contributed by atoms with Crippen LogP contribution in [0.25, 0.3) is 0 Å². The lowest BCUT2D eigenvalue weighted by Gasteiger charge is -2.15. The Balaban J connectivity index is 3.85. The van der Waals surface area contributed by atoms with Gasteiger partial charge < -0.3 is 15.2 Å². The van der Waals surface area contributed by atoms with Gasteiger partial charge in [-0.2, -0.15) is 0 Å².